The van der Waals surface area contributed by atoms with Crippen molar-refractivity contribution in [2.45, 2.75) is 57.0 Å². The minimum Gasteiger partial charge on any atom is -0.493 e. The lowest BCUT2D eigenvalue weighted by Crippen LogP contribution is -2.48. The Balaban J connectivity index is 1.24. The number of carbonyl (C=O) groups excluding carboxylic acids is 1. The Hall–Kier alpha value is -2.49. The van der Waals surface area contributed by atoms with Gasteiger partial charge in [0.15, 0.2) is 17.6 Å². The summed E-state index contributed by atoms with van der Waals surface area (Å²) in [7, 11) is 1.60. The summed E-state index contributed by atoms with van der Waals surface area (Å²) in [6.45, 7) is 1.76. The molecule has 0 aliphatic heterocycles. The normalized spacial score (nSPS) is 30.0. The van der Waals surface area contributed by atoms with E-state index in [2.05, 4.69) is 29.6 Å². The number of para-hydroxylation sites is 2. The van der Waals surface area contributed by atoms with Crippen LogP contribution in [0.4, 0.5) is 5.69 Å². The van der Waals surface area contributed by atoms with Gasteiger partial charge in [-0.2, -0.15) is 0 Å². The number of benzene rings is 2. The van der Waals surface area contributed by atoms with Crippen LogP contribution < -0.4 is 14.8 Å². The zero-order valence-electron chi connectivity index (χ0n) is 17.9. The summed E-state index contributed by atoms with van der Waals surface area (Å²) < 4.78 is 11.1. The molecule has 6 rings (SSSR count). The highest BCUT2D eigenvalue weighted by Gasteiger charge is 2.51. The van der Waals surface area contributed by atoms with Crippen LogP contribution in [0, 0.1) is 17.8 Å². The van der Waals surface area contributed by atoms with E-state index in [0.29, 0.717) is 16.9 Å². The van der Waals surface area contributed by atoms with Gasteiger partial charge in [-0.3, -0.25) is 4.79 Å². The van der Waals surface area contributed by atoms with E-state index >= 15 is 0 Å². The predicted molar refractivity (Wildman–Crippen MR) is 118 cm³/mol. The smallest absolute Gasteiger partial charge is 0.265 e. The topological polar surface area (TPSA) is 47.6 Å². The fourth-order valence-corrected chi connectivity index (χ4v) is 6.58. The molecule has 2 aromatic rings. The maximum atomic E-state index is 12.6. The molecule has 4 fully saturated rings. The molecule has 2 aromatic carbocycles. The van der Waals surface area contributed by atoms with Crippen molar-refractivity contribution in [3.8, 4) is 11.5 Å². The first-order chi connectivity index (χ1) is 14.5. The molecular weight excluding hydrogens is 374 g/mol. The summed E-state index contributed by atoms with van der Waals surface area (Å²) in [5.41, 5.74) is 2.68. The average Bonchev–Trinajstić information content (AvgIpc) is 2.73. The van der Waals surface area contributed by atoms with E-state index in [1.54, 1.807) is 14.0 Å². The lowest BCUT2D eigenvalue weighted by atomic mass is 9.48. The fraction of sp³-hybridized carbons (Fsp3) is 0.500. The second-order valence-electron chi connectivity index (χ2n) is 9.68. The van der Waals surface area contributed by atoms with E-state index < -0.39 is 6.10 Å². The van der Waals surface area contributed by atoms with Gasteiger partial charge in [0.1, 0.15) is 0 Å². The summed E-state index contributed by atoms with van der Waals surface area (Å²) in [6, 6.07) is 16.0. The Morgan fingerprint density at radius 2 is 1.50 bits per heavy atom. The molecule has 0 saturated heterocycles. The highest BCUT2D eigenvalue weighted by Crippen LogP contribution is 2.60. The SMILES string of the molecule is COc1ccccc1O[C@H](C)C(=O)Nc1ccc(C23CC4CC(CC(C4)C2)C3)cc1. The lowest BCUT2D eigenvalue weighted by Gasteiger charge is -2.57. The van der Waals surface area contributed by atoms with E-state index in [0.717, 1.165) is 23.4 Å². The number of carbonyl (C=O) groups is 1. The van der Waals surface area contributed by atoms with Gasteiger partial charge in [-0.15, -0.1) is 0 Å². The van der Waals surface area contributed by atoms with E-state index in [4.69, 9.17) is 9.47 Å². The number of ether oxygens (including phenoxy) is 2. The molecule has 0 aromatic heterocycles. The summed E-state index contributed by atoms with van der Waals surface area (Å²) >= 11 is 0. The standard InChI is InChI=1S/C26H31NO3/c1-17(30-24-6-4-3-5-23(24)29-2)25(28)27-22-9-7-21(8-10-22)26-14-18-11-19(15-26)13-20(12-18)16-26/h3-10,17-20H,11-16H2,1-2H3,(H,27,28)/t17-,18?,19?,20?,26?/m1/s1. The Bertz CT molecular complexity index is 885. The number of amides is 1. The van der Waals surface area contributed by atoms with Crippen LogP contribution in [0.25, 0.3) is 0 Å². The summed E-state index contributed by atoms with van der Waals surface area (Å²) in [5.74, 6) is 3.83. The molecule has 0 spiro atoms. The summed E-state index contributed by atoms with van der Waals surface area (Å²) in [5, 5.41) is 3.00. The largest absolute Gasteiger partial charge is 0.493 e. The molecule has 1 N–H and O–H groups in total. The van der Waals surface area contributed by atoms with E-state index in [1.807, 2.05) is 24.3 Å². The van der Waals surface area contributed by atoms with Crippen molar-refractivity contribution in [1.29, 1.82) is 0 Å². The average molecular weight is 406 g/mol. The molecule has 158 valence electrons. The second-order valence-corrected chi connectivity index (χ2v) is 9.68. The van der Waals surface area contributed by atoms with Crippen LogP contribution in [0.1, 0.15) is 51.0 Å². The van der Waals surface area contributed by atoms with Gasteiger partial charge in [-0.05, 0) is 98.4 Å². The van der Waals surface area contributed by atoms with Crippen molar-refractivity contribution in [3.05, 3.63) is 54.1 Å². The maximum absolute atomic E-state index is 12.6. The lowest BCUT2D eigenvalue weighted by molar-refractivity contribution is -0.122. The third kappa shape index (κ3) is 3.57. The fourth-order valence-electron chi connectivity index (χ4n) is 6.58. The highest BCUT2D eigenvalue weighted by molar-refractivity contribution is 5.94. The van der Waals surface area contributed by atoms with E-state index in [1.165, 1.54) is 44.1 Å². The minimum absolute atomic E-state index is 0.163. The first-order valence-corrected chi connectivity index (χ1v) is 11.3. The molecule has 4 aliphatic rings. The van der Waals surface area contributed by atoms with Crippen molar-refractivity contribution in [2.75, 3.05) is 12.4 Å². The van der Waals surface area contributed by atoms with Crippen molar-refractivity contribution < 1.29 is 14.3 Å². The van der Waals surface area contributed by atoms with E-state index in [-0.39, 0.29) is 5.91 Å². The molecule has 4 aliphatic carbocycles. The third-order valence-corrected chi connectivity index (χ3v) is 7.55. The Kier molecular flexibility index (Phi) is 4.96. The van der Waals surface area contributed by atoms with Crippen LogP contribution >= 0.6 is 0 Å². The van der Waals surface area contributed by atoms with Crippen molar-refractivity contribution in [2.24, 2.45) is 17.8 Å². The number of rotatable bonds is 6. The predicted octanol–water partition coefficient (Wildman–Crippen LogP) is 5.57. The van der Waals surface area contributed by atoms with Crippen molar-refractivity contribution >= 4 is 11.6 Å². The van der Waals surface area contributed by atoms with Gasteiger partial charge in [0.2, 0.25) is 0 Å². The number of nitrogens with one attached hydrogen (secondary N) is 1. The summed E-state index contributed by atoms with van der Waals surface area (Å²) in [6.07, 6.45) is 7.81. The molecule has 0 unspecified atom stereocenters. The third-order valence-electron chi connectivity index (χ3n) is 7.55. The number of hydrogen-bond acceptors (Lipinski definition) is 3. The number of methoxy groups -OCH3 is 1. The number of hydrogen-bond donors (Lipinski definition) is 1. The molecular formula is C26H31NO3. The van der Waals surface area contributed by atoms with E-state index in [9.17, 15) is 4.79 Å². The van der Waals surface area contributed by atoms with Crippen LogP contribution in [0.5, 0.6) is 11.5 Å². The van der Waals surface area contributed by atoms with Crippen molar-refractivity contribution in [3.63, 3.8) is 0 Å². The van der Waals surface area contributed by atoms with Gasteiger partial charge in [-0.25, -0.2) is 0 Å². The van der Waals surface area contributed by atoms with Gasteiger partial charge in [0.05, 0.1) is 7.11 Å². The van der Waals surface area contributed by atoms with Gasteiger partial charge in [0.25, 0.3) is 5.91 Å². The van der Waals surface area contributed by atoms with Crippen molar-refractivity contribution in [1.82, 2.24) is 0 Å². The van der Waals surface area contributed by atoms with Crippen LogP contribution in [0.3, 0.4) is 0 Å². The zero-order valence-corrected chi connectivity index (χ0v) is 17.9. The molecule has 0 heterocycles. The summed E-state index contributed by atoms with van der Waals surface area (Å²) in [4.78, 5) is 12.6. The molecule has 4 nitrogen and oxygen atoms in total. The van der Waals surface area contributed by atoms with Crippen LogP contribution in [-0.2, 0) is 10.2 Å². The number of anilines is 1. The maximum Gasteiger partial charge on any atom is 0.265 e. The Labute approximate surface area is 179 Å². The molecule has 1 atom stereocenters. The van der Waals surface area contributed by atoms with Crippen LogP contribution in [-0.4, -0.2) is 19.1 Å². The molecule has 4 bridgehead atoms. The minimum atomic E-state index is -0.621. The monoisotopic (exact) mass is 405 g/mol. The first kappa shape index (κ1) is 19.5. The second kappa shape index (κ2) is 7.64. The Morgan fingerprint density at radius 1 is 0.933 bits per heavy atom. The molecule has 30 heavy (non-hydrogen) atoms. The molecule has 4 heteroatoms. The van der Waals surface area contributed by atoms with Gasteiger partial charge < -0.3 is 14.8 Å². The van der Waals surface area contributed by atoms with Crippen LogP contribution in [0.2, 0.25) is 0 Å². The first-order valence-electron chi connectivity index (χ1n) is 11.3. The molecule has 0 radical (unpaired) electrons. The Morgan fingerprint density at radius 3 is 2.07 bits per heavy atom. The van der Waals surface area contributed by atoms with Gasteiger partial charge >= 0.3 is 0 Å². The quantitative estimate of drug-likeness (QED) is 0.683. The van der Waals surface area contributed by atoms with Crippen LogP contribution in [0.15, 0.2) is 48.5 Å². The molecule has 4 saturated carbocycles. The van der Waals surface area contributed by atoms with Gasteiger partial charge in [0, 0.05) is 5.69 Å². The molecule has 1 amide bonds. The highest BCUT2D eigenvalue weighted by atomic mass is 16.5. The van der Waals surface area contributed by atoms with Gasteiger partial charge in [-0.1, -0.05) is 24.3 Å². The zero-order chi connectivity index (χ0) is 20.7.